The summed E-state index contributed by atoms with van der Waals surface area (Å²) in [6.45, 7) is 5.05. The molecule has 0 radical (unpaired) electrons. The van der Waals surface area contributed by atoms with E-state index >= 15 is 0 Å². The number of nitrogens with zero attached hydrogens (tertiary/aromatic N) is 1. The monoisotopic (exact) mass is 322 g/mol. The number of hydrogen-bond acceptors (Lipinski definition) is 4. The molecule has 1 heterocycles. The Kier molecular flexibility index (Phi) is 5.63. The van der Waals surface area contributed by atoms with Gasteiger partial charge in [0.05, 0.1) is 11.2 Å². The number of halogens is 3. The molecule has 4 nitrogen and oxygen atoms in total. The molecule has 0 aromatic carbocycles. The van der Waals surface area contributed by atoms with Gasteiger partial charge in [0.1, 0.15) is 5.03 Å². The van der Waals surface area contributed by atoms with Crippen molar-refractivity contribution in [2.75, 3.05) is 6.54 Å². The molecule has 21 heavy (non-hydrogen) atoms. The number of rotatable bonds is 5. The van der Waals surface area contributed by atoms with E-state index in [-0.39, 0.29) is 18.0 Å². The third-order valence-corrected chi connectivity index (χ3v) is 3.83. The van der Waals surface area contributed by atoms with Gasteiger partial charge in [-0.25, -0.2) is 4.98 Å². The lowest BCUT2D eigenvalue weighted by atomic mass is 9.92. The molecule has 0 aliphatic heterocycles. The van der Waals surface area contributed by atoms with Crippen LogP contribution in [0.4, 0.5) is 13.2 Å². The Morgan fingerprint density at radius 3 is 2.62 bits per heavy atom. The van der Waals surface area contributed by atoms with Crippen LogP contribution < -0.4 is 5.32 Å². The van der Waals surface area contributed by atoms with Crippen molar-refractivity contribution in [1.29, 1.82) is 0 Å². The number of carbonyl (C=O) groups excluding carboxylic acids is 1. The Labute approximate surface area is 125 Å². The van der Waals surface area contributed by atoms with Gasteiger partial charge in [0, 0.05) is 24.5 Å². The fourth-order valence-corrected chi connectivity index (χ4v) is 1.92. The summed E-state index contributed by atoms with van der Waals surface area (Å²) < 4.78 is 37.3. The van der Waals surface area contributed by atoms with E-state index in [1.54, 1.807) is 20.8 Å². The maximum Gasteiger partial charge on any atom is 0.447 e. The second kappa shape index (κ2) is 6.65. The number of hydrogen-bond donors (Lipinski definition) is 2. The molecule has 0 saturated carbocycles. The first-order chi connectivity index (χ1) is 9.53. The second-order valence-corrected chi connectivity index (χ2v) is 6.15. The van der Waals surface area contributed by atoms with Crippen LogP contribution >= 0.6 is 11.8 Å². The summed E-state index contributed by atoms with van der Waals surface area (Å²) >= 11 is -0.439. The average molecular weight is 322 g/mol. The number of pyridine rings is 1. The molecule has 8 heteroatoms. The molecule has 0 fully saturated rings. The molecule has 0 aliphatic carbocycles. The maximum atomic E-state index is 12.4. The van der Waals surface area contributed by atoms with Crippen molar-refractivity contribution in [2.45, 2.75) is 36.9 Å². The molecule has 1 amide bonds. The highest BCUT2D eigenvalue weighted by Gasteiger charge is 2.33. The largest absolute Gasteiger partial charge is 0.447 e. The SMILES string of the molecule is CC(C)C(C)(O)CNC(=O)c1cccnc1SC(F)(F)F. The molecule has 1 atom stereocenters. The molecule has 0 spiro atoms. The lowest BCUT2D eigenvalue weighted by molar-refractivity contribution is -0.0329. The topological polar surface area (TPSA) is 62.2 Å². The Morgan fingerprint density at radius 1 is 1.48 bits per heavy atom. The number of nitrogens with one attached hydrogen (secondary N) is 1. The number of thioether (sulfide) groups is 1. The van der Waals surface area contributed by atoms with Gasteiger partial charge in [-0.2, -0.15) is 13.2 Å². The van der Waals surface area contributed by atoms with Gasteiger partial charge in [0.25, 0.3) is 5.91 Å². The van der Waals surface area contributed by atoms with Crippen molar-refractivity contribution in [3.8, 4) is 0 Å². The van der Waals surface area contributed by atoms with Crippen molar-refractivity contribution in [3.63, 3.8) is 0 Å². The molecular formula is C13H17F3N2O2S. The average Bonchev–Trinajstić information content (AvgIpc) is 2.34. The summed E-state index contributed by atoms with van der Waals surface area (Å²) in [5.41, 5.74) is -5.83. The molecule has 2 N–H and O–H groups in total. The van der Waals surface area contributed by atoms with E-state index < -0.39 is 33.8 Å². The van der Waals surface area contributed by atoms with Crippen LogP contribution in [0.1, 0.15) is 31.1 Å². The quantitative estimate of drug-likeness (QED) is 0.818. The summed E-state index contributed by atoms with van der Waals surface area (Å²) in [5.74, 6) is -0.813. The standard InChI is InChI=1S/C13H17F3N2O2S/c1-8(2)12(3,20)7-18-10(19)9-5-4-6-17-11(9)21-13(14,15)16/h4-6,8,20H,7H2,1-3H3,(H,18,19). The first-order valence-electron chi connectivity index (χ1n) is 6.24. The highest BCUT2D eigenvalue weighted by molar-refractivity contribution is 8.00. The summed E-state index contributed by atoms with van der Waals surface area (Å²) in [7, 11) is 0. The van der Waals surface area contributed by atoms with Crippen LogP contribution in [0, 0.1) is 5.92 Å². The molecule has 1 rings (SSSR count). The summed E-state index contributed by atoms with van der Waals surface area (Å²) in [6, 6.07) is 2.65. The van der Waals surface area contributed by atoms with Crippen LogP contribution in [-0.2, 0) is 0 Å². The highest BCUT2D eigenvalue weighted by Crippen LogP contribution is 2.37. The number of aliphatic hydroxyl groups is 1. The van der Waals surface area contributed by atoms with Crippen LogP contribution in [0.25, 0.3) is 0 Å². The van der Waals surface area contributed by atoms with Crippen molar-refractivity contribution in [1.82, 2.24) is 10.3 Å². The van der Waals surface area contributed by atoms with E-state index in [0.29, 0.717) is 0 Å². The predicted octanol–water partition coefficient (Wildman–Crippen LogP) is 2.83. The van der Waals surface area contributed by atoms with Crippen molar-refractivity contribution in [3.05, 3.63) is 23.9 Å². The van der Waals surface area contributed by atoms with Gasteiger partial charge >= 0.3 is 5.51 Å². The zero-order valence-electron chi connectivity index (χ0n) is 11.9. The molecule has 118 valence electrons. The Balaban J connectivity index is 2.84. The van der Waals surface area contributed by atoms with Crippen LogP contribution in [0.3, 0.4) is 0 Å². The Bertz CT molecular complexity index is 504. The van der Waals surface area contributed by atoms with Crippen LogP contribution in [0.15, 0.2) is 23.4 Å². The molecule has 0 saturated heterocycles. The first kappa shape index (κ1) is 17.8. The van der Waals surface area contributed by atoms with Crippen LogP contribution in [0.2, 0.25) is 0 Å². The fourth-order valence-electron chi connectivity index (χ4n) is 1.31. The molecule has 1 aromatic rings. The predicted molar refractivity (Wildman–Crippen MR) is 73.9 cm³/mol. The minimum absolute atomic E-state index is 0.0610. The van der Waals surface area contributed by atoms with Gasteiger partial charge in [0.15, 0.2) is 0 Å². The number of aromatic nitrogens is 1. The van der Waals surface area contributed by atoms with E-state index in [2.05, 4.69) is 10.3 Å². The molecular weight excluding hydrogens is 305 g/mol. The number of amides is 1. The van der Waals surface area contributed by atoms with Gasteiger partial charge in [-0.05, 0) is 25.0 Å². The first-order valence-corrected chi connectivity index (χ1v) is 7.06. The Morgan fingerprint density at radius 2 is 2.10 bits per heavy atom. The normalized spacial score (nSPS) is 14.9. The molecule has 0 bridgehead atoms. The van der Waals surface area contributed by atoms with E-state index in [9.17, 15) is 23.1 Å². The van der Waals surface area contributed by atoms with Crippen molar-refractivity contribution in [2.24, 2.45) is 5.92 Å². The second-order valence-electron chi connectivity index (χ2n) is 5.10. The van der Waals surface area contributed by atoms with Crippen LogP contribution in [0.5, 0.6) is 0 Å². The number of carbonyl (C=O) groups is 1. The highest BCUT2D eigenvalue weighted by atomic mass is 32.2. The van der Waals surface area contributed by atoms with Crippen LogP contribution in [-0.4, -0.2) is 33.7 Å². The molecule has 0 aliphatic rings. The van der Waals surface area contributed by atoms with Crippen molar-refractivity contribution < 1.29 is 23.1 Å². The van der Waals surface area contributed by atoms with Gasteiger partial charge in [-0.1, -0.05) is 13.8 Å². The summed E-state index contributed by atoms with van der Waals surface area (Å²) in [6.07, 6.45) is 1.19. The zero-order chi connectivity index (χ0) is 16.3. The third kappa shape index (κ3) is 5.55. The Hall–Kier alpha value is -1.28. The van der Waals surface area contributed by atoms with Gasteiger partial charge in [-0.15, -0.1) is 0 Å². The lowest BCUT2D eigenvalue weighted by Gasteiger charge is -2.27. The van der Waals surface area contributed by atoms with Crippen molar-refractivity contribution >= 4 is 17.7 Å². The lowest BCUT2D eigenvalue weighted by Crippen LogP contribution is -2.44. The minimum atomic E-state index is -4.52. The maximum absolute atomic E-state index is 12.4. The van der Waals surface area contributed by atoms with Gasteiger partial charge in [0.2, 0.25) is 0 Å². The summed E-state index contributed by atoms with van der Waals surface area (Å²) in [4.78, 5) is 15.6. The van der Waals surface area contributed by atoms with E-state index in [1.807, 2.05) is 0 Å². The molecule has 1 unspecified atom stereocenters. The fraction of sp³-hybridized carbons (Fsp3) is 0.538. The minimum Gasteiger partial charge on any atom is -0.388 e. The van der Waals surface area contributed by atoms with E-state index in [1.165, 1.54) is 18.3 Å². The smallest absolute Gasteiger partial charge is 0.388 e. The van der Waals surface area contributed by atoms with Gasteiger partial charge < -0.3 is 10.4 Å². The molecule has 1 aromatic heterocycles. The summed E-state index contributed by atoms with van der Waals surface area (Å²) in [5, 5.41) is 12.1. The van der Waals surface area contributed by atoms with Gasteiger partial charge in [-0.3, -0.25) is 4.79 Å². The van der Waals surface area contributed by atoms with E-state index in [4.69, 9.17) is 0 Å². The third-order valence-electron chi connectivity index (χ3n) is 3.08. The number of alkyl halides is 3. The zero-order valence-corrected chi connectivity index (χ0v) is 12.7. The van der Waals surface area contributed by atoms with E-state index in [0.717, 1.165) is 0 Å².